The van der Waals surface area contributed by atoms with Gasteiger partial charge in [-0.2, -0.15) is 10.5 Å². The Balaban J connectivity index is 1.72. The van der Waals surface area contributed by atoms with Crippen LogP contribution in [-0.4, -0.2) is 6.17 Å². The molecule has 0 aliphatic heterocycles. The van der Waals surface area contributed by atoms with Crippen molar-refractivity contribution in [2.24, 2.45) is 5.92 Å². The lowest BCUT2D eigenvalue weighted by Crippen LogP contribution is -2.24. The van der Waals surface area contributed by atoms with Crippen molar-refractivity contribution in [1.29, 1.82) is 10.5 Å². The number of halogens is 18. The highest BCUT2D eigenvalue weighted by Crippen LogP contribution is 2.66. The first-order valence-electron chi connectivity index (χ1n) is 16.9. The number of hydrogen-bond donors (Lipinski definition) is 0. The summed E-state index contributed by atoms with van der Waals surface area (Å²) in [6.07, 6.45) is -3.78. The molecule has 0 aromatic heterocycles. The van der Waals surface area contributed by atoms with E-state index in [1.54, 1.807) is 0 Å². The number of hydrogen-bond acceptors (Lipinski definition) is 2. The van der Waals surface area contributed by atoms with E-state index in [0.717, 1.165) is 6.07 Å². The standard InChI is InChI=1S/C42H2F18N6/c1-63-39(19-31(53)21(43)8(6-62)22(44)32(19)54)17-25(47)13-11-12(24(46)9(23(11)45)7(5-61)10-29(51)35(57)41(65-3)36(58)30(10)52)14-16(15(13)27(17)49)28(50)18(26(14)48)40(64-2)20-33(55)37(59)42(66-4)38(60)34(20)56/h13,25H/b9-7-,39-17-,40-18+. The molecule has 3 aromatic carbocycles. The Morgan fingerprint density at radius 2 is 0.818 bits per heavy atom. The third-order valence-corrected chi connectivity index (χ3v) is 10.4. The number of benzene rings is 3. The Bertz CT molecular complexity index is 3440. The fraction of sp³-hybridized carbons (Fsp3) is 0.0476. The molecule has 0 bridgehead atoms. The Morgan fingerprint density at radius 1 is 0.439 bits per heavy atom. The van der Waals surface area contributed by atoms with Gasteiger partial charge in [-0.05, 0) is 0 Å². The topological polar surface area (TPSA) is 65.0 Å². The van der Waals surface area contributed by atoms with Crippen LogP contribution in [0.5, 0.6) is 0 Å². The van der Waals surface area contributed by atoms with E-state index in [2.05, 4.69) is 19.4 Å². The molecule has 1 saturated carbocycles. The zero-order chi connectivity index (χ0) is 49.0. The van der Waals surface area contributed by atoms with Crippen molar-refractivity contribution in [2.45, 2.75) is 6.17 Å². The molecule has 2 atom stereocenters. The maximum absolute atomic E-state index is 17.1. The van der Waals surface area contributed by atoms with Gasteiger partial charge in [0.05, 0.1) is 65.6 Å². The third kappa shape index (κ3) is 5.55. The molecule has 326 valence electrons. The molecule has 66 heavy (non-hydrogen) atoms. The summed E-state index contributed by atoms with van der Waals surface area (Å²) in [5.41, 5.74) is -36.3. The van der Waals surface area contributed by atoms with Crippen LogP contribution in [0.2, 0.25) is 0 Å². The van der Waals surface area contributed by atoms with E-state index in [1.165, 1.54) is 0 Å². The van der Waals surface area contributed by atoms with Gasteiger partial charge in [0.25, 0.3) is 11.4 Å². The quantitative estimate of drug-likeness (QED) is 0.114. The molecule has 24 heteroatoms. The molecule has 2 unspecified atom stereocenters. The molecule has 0 amide bonds. The van der Waals surface area contributed by atoms with Crippen LogP contribution in [0.4, 0.5) is 90.4 Å². The van der Waals surface area contributed by atoms with Crippen LogP contribution in [0.15, 0.2) is 73.7 Å². The lowest BCUT2D eigenvalue weighted by molar-refractivity contribution is 0.336. The van der Waals surface area contributed by atoms with Crippen LogP contribution in [0, 0.1) is 125 Å². The van der Waals surface area contributed by atoms with Crippen molar-refractivity contribution < 1.29 is 79.0 Å². The minimum absolute atomic E-state index is 0.709. The van der Waals surface area contributed by atoms with E-state index < -0.39 is 206 Å². The second-order valence-electron chi connectivity index (χ2n) is 13.3. The highest BCUT2D eigenvalue weighted by Gasteiger charge is 2.58. The molecule has 6 nitrogen and oxygen atoms in total. The molecular formula is C42H2F18N6. The highest BCUT2D eigenvalue weighted by molar-refractivity contribution is 5.96. The second-order valence-corrected chi connectivity index (χ2v) is 13.3. The van der Waals surface area contributed by atoms with Crippen LogP contribution in [0.1, 0.15) is 22.3 Å². The smallest absolute Gasteiger partial charge is 0.243 e. The van der Waals surface area contributed by atoms with E-state index in [9.17, 15) is 31.6 Å². The number of allylic oxidation sites excluding steroid dienone is 14. The zero-order valence-electron chi connectivity index (χ0n) is 30.6. The van der Waals surface area contributed by atoms with Crippen molar-refractivity contribution in [3.05, 3.63) is 211 Å². The maximum atomic E-state index is 17.1. The van der Waals surface area contributed by atoms with Gasteiger partial charge in [-0.15, -0.1) is 0 Å². The van der Waals surface area contributed by atoms with Gasteiger partial charge >= 0.3 is 0 Å². The average molecular weight is 932 g/mol. The number of nitrogens with zero attached hydrogens (tertiary/aromatic N) is 6. The minimum Gasteiger partial charge on any atom is -0.243 e. The van der Waals surface area contributed by atoms with Gasteiger partial charge in [0.15, 0.2) is 58.2 Å². The van der Waals surface area contributed by atoms with E-state index in [0.29, 0.717) is 6.07 Å². The maximum Gasteiger partial charge on any atom is 0.262 e. The first kappa shape index (κ1) is 45.3. The molecule has 0 radical (unpaired) electrons. The lowest BCUT2D eigenvalue weighted by atomic mass is 9.73. The number of fused-ring (bicyclic) bond motifs is 6. The first-order valence-corrected chi connectivity index (χ1v) is 16.9. The molecular weight excluding hydrogens is 930 g/mol. The normalized spacial score (nSPS) is 19.8. The fourth-order valence-corrected chi connectivity index (χ4v) is 7.63. The fourth-order valence-electron chi connectivity index (χ4n) is 7.63. The first-order chi connectivity index (χ1) is 31.1. The molecule has 0 heterocycles. The van der Waals surface area contributed by atoms with Crippen LogP contribution < -0.4 is 0 Å². The number of rotatable bonds is 3. The summed E-state index contributed by atoms with van der Waals surface area (Å²) in [7, 11) is 0. The van der Waals surface area contributed by atoms with Crippen molar-refractivity contribution in [3.63, 3.8) is 0 Å². The van der Waals surface area contributed by atoms with Gasteiger partial charge in [0.1, 0.15) is 64.6 Å². The van der Waals surface area contributed by atoms with Crippen molar-refractivity contribution in [2.75, 3.05) is 0 Å². The largest absolute Gasteiger partial charge is 0.262 e. The van der Waals surface area contributed by atoms with Crippen molar-refractivity contribution in [1.82, 2.24) is 0 Å². The van der Waals surface area contributed by atoms with Crippen LogP contribution in [-0.2, 0) is 0 Å². The van der Waals surface area contributed by atoms with Crippen LogP contribution in [0.25, 0.3) is 36.3 Å². The Labute approximate surface area is 353 Å². The predicted molar refractivity (Wildman–Crippen MR) is 185 cm³/mol. The second kappa shape index (κ2) is 15.5. The van der Waals surface area contributed by atoms with Crippen LogP contribution >= 0.6 is 0 Å². The van der Waals surface area contributed by atoms with Gasteiger partial charge in [0, 0.05) is 33.4 Å². The number of nitriles is 2. The summed E-state index contributed by atoms with van der Waals surface area (Å²) < 4.78 is 282. The molecule has 4 aliphatic carbocycles. The third-order valence-electron chi connectivity index (χ3n) is 10.4. The SMILES string of the molecule is [C-]#[N+]/C(=C1\C(F)=C2C3=C(F)/C(=C(/[N+]#[C-])c4c(F)c(F)c([N+]#[C-])c(F)c4F)C(F)=C3C3=C(F)/C(=C(/C#N)c4c(F)c(F)c([N+]#[C-])c(F)c4F)C(F)=C3C2C1F)c1c(F)c(F)c(C#N)c(F)c1F. The predicted octanol–water partition coefficient (Wildman–Crippen LogP) is 13.4. The Kier molecular flexibility index (Phi) is 10.6. The van der Waals surface area contributed by atoms with Gasteiger partial charge < -0.3 is 0 Å². The van der Waals surface area contributed by atoms with E-state index in [4.69, 9.17) is 31.6 Å². The Hall–Kier alpha value is -8.74. The summed E-state index contributed by atoms with van der Waals surface area (Å²) in [6, 6.07) is 1.47. The van der Waals surface area contributed by atoms with E-state index >= 15 is 52.7 Å². The van der Waals surface area contributed by atoms with Gasteiger partial charge in [-0.25, -0.2) is 98.4 Å². The highest BCUT2D eigenvalue weighted by atomic mass is 19.2. The molecule has 3 aromatic rings. The van der Waals surface area contributed by atoms with E-state index in [1.807, 2.05) is 0 Å². The molecule has 7 rings (SSSR count). The van der Waals surface area contributed by atoms with E-state index in [-0.39, 0.29) is 0 Å². The molecule has 0 saturated heterocycles. The summed E-state index contributed by atoms with van der Waals surface area (Å²) in [6.45, 7) is 28.5. The Morgan fingerprint density at radius 3 is 1.23 bits per heavy atom. The minimum atomic E-state index is -3.78. The molecule has 1 fully saturated rings. The lowest BCUT2D eigenvalue weighted by Gasteiger charge is -2.29. The summed E-state index contributed by atoms with van der Waals surface area (Å²) in [5, 5.41) is 18.9. The zero-order valence-corrected chi connectivity index (χ0v) is 30.6. The summed E-state index contributed by atoms with van der Waals surface area (Å²) >= 11 is 0. The molecule has 4 aliphatic rings. The van der Waals surface area contributed by atoms with Gasteiger partial charge in [-0.1, -0.05) is 0 Å². The van der Waals surface area contributed by atoms with Crippen molar-refractivity contribution in [3.8, 4) is 12.1 Å². The molecule has 0 N–H and O–H groups in total. The monoisotopic (exact) mass is 932 g/mol. The van der Waals surface area contributed by atoms with Crippen molar-refractivity contribution >= 4 is 28.3 Å². The average Bonchev–Trinajstić information content (AvgIpc) is 3.81. The summed E-state index contributed by atoms with van der Waals surface area (Å²) in [5.74, 6) is -48.2. The van der Waals surface area contributed by atoms with Gasteiger partial charge in [-0.3, -0.25) is 0 Å². The number of alkyl halides is 1. The molecule has 0 spiro atoms. The summed E-state index contributed by atoms with van der Waals surface area (Å²) in [4.78, 5) is 9.30. The van der Waals surface area contributed by atoms with Crippen LogP contribution in [0.3, 0.4) is 0 Å². The van der Waals surface area contributed by atoms with Gasteiger partial charge in [0.2, 0.25) is 11.4 Å².